The van der Waals surface area contributed by atoms with E-state index in [1.165, 1.54) is 7.11 Å². The Morgan fingerprint density at radius 2 is 1.92 bits per heavy atom. The number of unbranched alkanes of at least 4 members (excludes halogenated alkanes) is 1. The van der Waals surface area contributed by atoms with Crippen molar-refractivity contribution < 1.29 is 14.3 Å². The summed E-state index contributed by atoms with van der Waals surface area (Å²) < 4.78 is 6.52. The van der Waals surface area contributed by atoms with Gasteiger partial charge in [-0.25, -0.2) is 19.6 Å². The van der Waals surface area contributed by atoms with Gasteiger partial charge in [0.25, 0.3) is 0 Å². The van der Waals surface area contributed by atoms with Crippen LogP contribution in [0.25, 0.3) is 22.6 Å². The minimum Gasteiger partial charge on any atom is -0.469 e. The van der Waals surface area contributed by atoms with Crippen LogP contribution in [0, 0.1) is 0 Å². The Labute approximate surface area is 224 Å². The van der Waals surface area contributed by atoms with Gasteiger partial charge >= 0.3 is 5.97 Å². The number of anilines is 2. The summed E-state index contributed by atoms with van der Waals surface area (Å²) in [6.45, 7) is 4.58. The molecule has 0 aliphatic carbocycles. The highest BCUT2D eigenvalue weighted by atomic mass is 35.5. The lowest BCUT2D eigenvalue weighted by atomic mass is 9.77. The number of nitrogen functional groups attached to an aromatic ring is 1. The average Bonchev–Trinajstić information content (AvgIpc) is 3.40. The lowest BCUT2D eigenvalue weighted by Gasteiger charge is -2.23. The summed E-state index contributed by atoms with van der Waals surface area (Å²) in [7, 11) is 1.37. The van der Waals surface area contributed by atoms with Crippen molar-refractivity contribution in [2.45, 2.75) is 51.5 Å². The first kappa shape index (κ1) is 25.6. The van der Waals surface area contributed by atoms with Gasteiger partial charge in [-0.3, -0.25) is 9.59 Å². The molecule has 1 aliphatic rings. The molecule has 3 aromatic heterocycles. The van der Waals surface area contributed by atoms with Gasteiger partial charge < -0.3 is 15.8 Å². The van der Waals surface area contributed by atoms with Crippen LogP contribution < -0.4 is 11.1 Å². The first-order chi connectivity index (χ1) is 18.3. The van der Waals surface area contributed by atoms with Crippen LogP contribution in [0.15, 0.2) is 36.4 Å². The number of halogens is 1. The standard InChI is InChI=1S/C27H28ClN7O3/c1-4-5-14-35-25-17(11-12-18(28)30-25)21(34-35)24-31-22(29)20-23(32-24)33-26(37)27(20,2)16-9-6-15(7-10-16)8-13-19(36)38-3/h6-7,9-12H,4-5,8,13-14H2,1-3H3,(H3,29,31,32,33,37). The van der Waals surface area contributed by atoms with Crippen molar-refractivity contribution in [3.63, 3.8) is 0 Å². The summed E-state index contributed by atoms with van der Waals surface area (Å²) >= 11 is 6.16. The Bertz CT molecular complexity index is 1550. The number of methoxy groups -OCH3 is 1. The van der Waals surface area contributed by atoms with Gasteiger partial charge in [-0.15, -0.1) is 0 Å². The Morgan fingerprint density at radius 3 is 2.63 bits per heavy atom. The molecule has 1 unspecified atom stereocenters. The SMILES string of the molecule is CCCCn1nc(-c2nc(N)c3c(n2)NC(=O)C3(C)c2ccc(CCC(=O)OC)cc2)c2ccc(Cl)nc21. The van der Waals surface area contributed by atoms with E-state index in [1.807, 2.05) is 30.3 Å². The largest absolute Gasteiger partial charge is 0.469 e. The molecule has 0 fully saturated rings. The van der Waals surface area contributed by atoms with E-state index in [1.54, 1.807) is 17.7 Å². The average molecular weight is 534 g/mol. The fraction of sp³-hybridized carbons (Fsp3) is 0.333. The second-order valence-electron chi connectivity index (χ2n) is 9.44. The van der Waals surface area contributed by atoms with E-state index in [0.29, 0.717) is 46.7 Å². The van der Waals surface area contributed by atoms with Gasteiger partial charge in [-0.2, -0.15) is 5.10 Å². The summed E-state index contributed by atoms with van der Waals surface area (Å²) in [5, 5.41) is 8.75. The first-order valence-electron chi connectivity index (χ1n) is 12.4. The van der Waals surface area contributed by atoms with Gasteiger partial charge in [0.2, 0.25) is 5.91 Å². The number of aryl methyl sites for hydroxylation is 2. The molecule has 0 bridgehead atoms. The number of hydrogen-bond acceptors (Lipinski definition) is 8. The van der Waals surface area contributed by atoms with E-state index < -0.39 is 5.41 Å². The molecule has 11 heteroatoms. The van der Waals surface area contributed by atoms with Crippen LogP contribution in [-0.4, -0.2) is 43.7 Å². The molecule has 0 spiro atoms. The van der Waals surface area contributed by atoms with Crippen molar-refractivity contribution in [1.82, 2.24) is 24.7 Å². The third-order valence-corrected chi connectivity index (χ3v) is 7.21. The Hall–Kier alpha value is -4.05. The number of hydrogen-bond donors (Lipinski definition) is 2. The molecule has 5 rings (SSSR count). The van der Waals surface area contributed by atoms with E-state index in [2.05, 4.69) is 27.2 Å². The summed E-state index contributed by atoms with van der Waals surface area (Å²) in [5.41, 5.74) is 8.80. The molecule has 3 N–H and O–H groups in total. The van der Waals surface area contributed by atoms with Crippen LogP contribution in [0.1, 0.15) is 49.8 Å². The zero-order valence-corrected chi connectivity index (χ0v) is 22.2. The van der Waals surface area contributed by atoms with E-state index >= 15 is 0 Å². The number of nitrogens with zero attached hydrogens (tertiary/aromatic N) is 5. The number of pyridine rings is 1. The Kier molecular flexibility index (Phi) is 6.75. The fourth-order valence-corrected chi connectivity index (χ4v) is 4.94. The quantitative estimate of drug-likeness (QED) is 0.253. The number of nitrogens with one attached hydrogen (secondary N) is 1. The molecule has 10 nitrogen and oxygen atoms in total. The minimum absolute atomic E-state index is 0.193. The highest BCUT2D eigenvalue weighted by molar-refractivity contribution is 6.29. The Morgan fingerprint density at radius 1 is 1.16 bits per heavy atom. The molecule has 1 atom stereocenters. The number of fused-ring (bicyclic) bond motifs is 2. The topological polar surface area (TPSA) is 138 Å². The van der Waals surface area contributed by atoms with E-state index in [9.17, 15) is 9.59 Å². The molecule has 4 aromatic rings. The second kappa shape index (κ2) is 10.0. The monoisotopic (exact) mass is 533 g/mol. The van der Waals surface area contributed by atoms with Gasteiger partial charge in [-0.05, 0) is 43.0 Å². The molecule has 196 valence electrons. The minimum atomic E-state index is -1.09. The summed E-state index contributed by atoms with van der Waals surface area (Å²) in [6.07, 6.45) is 2.74. The molecule has 0 saturated carbocycles. The van der Waals surface area contributed by atoms with Crippen LogP contribution in [-0.2, 0) is 32.7 Å². The second-order valence-corrected chi connectivity index (χ2v) is 9.83. The van der Waals surface area contributed by atoms with E-state index in [4.69, 9.17) is 27.2 Å². The number of carbonyl (C=O) groups excluding carboxylic acids is 2. The number of benzene rings is 1. The zero-order chi connectivity index (χ0) is 27.0. The maximum absolute atomic E-state index is 13.3. The molecule has 1 aliphatic heterocycles. The van der Waals surface area contributed by atoms with Crippen LogP contribution >= 0.6 is 11.6 Å². The van der Waals surface area contributed by atoms with Crippen molar-refractivity contribution >= 4 is 46.1 Å². The predicted molar refractivity (Wildman–Crippen MR) is 145 cm³/mol. The number of ether oxygens (including phenoxy) is 1. The summed E-state index contributed by atoms with van der Waals surface area (Å²) in [5.74, 6) is 0.326. The number of rotatable bonds is 8. The van der Waals surface area contributed by atoms with Crippen LogP contribution in [0.3, 0.4) is 0 Å². The van der Waals surface area contributed by atoms with Crippen LogP contribution in [0.4, 0.5) is 11.6 Å². The molecule has 4 heterocycles. The third-order valence-electron chi connectivity index (χ3n) is 7.00. The van der Waals surface area contributed by atoms with Gasteiger partial charge in [-0.1, -0.05) is 49.2 Å². The number of carbonyl (C=O) groups is 2. The van der Waals surface area contributed by atoms with Crippen LogP contribution in [0.5, 0.6) is 0 Å². The Balaban J connectivity index is 1.53. The maximum atomic E-state index is 13.3. The first-order valence-corrected chi connectivity index (χ1v) is 12.8. The number of esters is 1. The van der Waals surface area contributed by atoms with Gasteiger partial charge in [0.15, 0.2) is 11.5 Å². The van der Waals surface area contributed by atoms with Gasteiger partial charge in [0, 0.05) is 13.0 Å². The highest BCUT2D eigenvalue weighted by Crippen LogP contribution is 2.45. The smallest absolute Gasteiger partial charge is 0.305 e. The predicted octanol–water partition coefficient (Wildman–Crippen LogP) is 4.29. The van der Waals surface area contributed by atoms with Crippen LogP contribution in [0.2, 0.25) is 5.15 Å². The van der Waals surface area contributed by atoms with Gasteiger partial charge in [0.1, 0.15) is 27.9 Å². The molecule has 1 amide bonds. The molecular weight excluding hydrogens is 506 g/mol. The van der Waals surface area contributed by atoms with Crippen molar-refractivity contribution in [2.75, 3.05) is 18.2 Å². The lowest BCUT2D eigenvalue weighted by molar-refractivity contribution is -0.140. The summed E-state index contributed by atoms with van der Waals surface area (Å²) in [6, 6.07) is 11.1. The van der Waals surface area contributed by atoms with E-state index in [-0.39, 0.29) is 24.1 Å². The fourth-order valence-electron chi connectivity index (χ4n) is 4.80. The molecule has 0 saturated heterocycles. The lowest BCUT2D eigenvalue weighted by Crippen LogP contribution is -2.33. The molecular formula is C27H28ClN7O3. The van der Waals surface area contributed by atoms with Gasteiger partial charge in [0.05, 0.1) is 18.1 Å². The highest BCUT2D eigenvalue weighted by Gasteiger charge is 2.47. The zero-order valence-electron chi connectivity index (χ0n) is 21.4. The third kappa shape index (κ3) is 4.34. The summed E-state index contributed by atoms with van der Waals surface area (Å²) in [4.78, 5) is 38.5. The number of aromatic nitrogens is 5. The number of nitrogens with two attached hydrogens (primary N) is 1. The van der Waals surface area contributed by atoms with Crippen molar-refractivity contribution in [3.8, 4) is 11.5 Å². The number of amides is 1. The molecule has 38 heavy (non-hydrogen) atoms. The van der Waals surface area contributed by atoms with Crippen molar-refractivity contribution in [2.24, 2.45) is 0 Å². The van der Waals surface area contributed by atoms with Crippen molar-refractivity contribution in [3.05, 3.63) is 58.2 Å². The maximum Gasteiger partial charge on any atom is 0.305 e. The molecule has 1 aromatic carbocycles. The molecule has 0 radical (unpaired) electrons. The van der Waals surface area contributed by atoms with E-state index in [0.717, 1.165) is 29.4 Å². The normalized spacial score (nSPS) is 16.5. The van der Waals surface area contributed by atoms with Crippen molar-refractivity contribution in [1.29, 1.82) is 0 Å².